The molecule has 1 atom stereocenters. The number of fused-ring (bicyclic) bond motifs is 1. The Morgan fingerprint density at radius 1 is 1.21 bits per heavy atom. The molecule has 152 valence electrons. The molecule has 0 aromatic heterocycles. The average molecular weight is 396 g/mol. The summed E-state index contributed by atoms with van der Waals surface area (Å²) >= 11 is 0. The van der Waals surface area contributed by atoms with Crippen LogP contribution >= 0.6 is 0 Å². The zero-order chi connectivity index (χ0) is 20.2. The van der Waals surface area contributed by atoms with Gasteiger partial charge in [0, 0.05) is 24.9 Å². The summed E-state index contributed by atoms with van der Waals surface area (Å²) in [5.41, 5.74) is 1.70. The van der Waals surface area contributed by atoms with Crippen LogP contribution in [0.3, 0.4) is 0 Å². The Labute approximate surface area is 169 Å². The van der Waals surface area contributed by atoms with Gasteiger partial charge in [0.05, 0.1) is 11.8 Å². The number of hydrogen-bond acceptors (Lipinski definition) is 5. The maximum Gasteiger partial charge on any atom is 0.264 e. The summed E-state index contributed by atoms with van der Waals surface area (Å²) < 4.78 is 16.8. The zero-order valence-electron chi connectivity index (χ0n) is 16.3. The number of benzene rings is 2. The van der Waals surface area contributed by atoms with Crippen molar-refractivity contribution in [3.8, 4) is 11.5 Å². The van der Waals surface area contributed by atoms with Gasteiger partial charge in [-0.15, -0.1) is 0 Å². The number of hydrogen-bond donors (Lipinski definition) is 1. The Kier molecular flexibility index (Phi) is 5.67. The number of nitrogens with zero attached hydrogens (tertiary/aromatic N) is 1. The number of likely N-dealkylation sites (N-methyl/N-ethyl adjacent to an activating group) is 1. The van der Waals surface area contributed by atoms with Crippen LogP contribution in [-0.4, -0.2) is 44.8 Å². The lowest BCUT2D eigenvalue weighted by Crippen LogP contribution is -2.35. The van der Waals surface area contributed by atoms with Gasteiger partial charge in [-0.2, -0.15) is 0 Å². The third kappa shape index (κ3) is 4.51. The van der Waals surface area contributed by atoms with Gasteiger partial charge in [-0.1, -0.05) is 0 Å². The van der Waals surface area contributed by atoms with E-state index in [1.807, 2.05) is 12.1 Å². The van der Waals surface area contributed by atoms with Crippen molar-refractivity contribution < 1.29 is 23.8 Å². The molecule has 2 heterocycles. The molecule has 2 amide bonds. The highest BCUT2D eigenvalue weighted by Crippen LogP contribution is 2.32. The number of ether oxygens (including phenoxy) is 3. The third-order valence-electron chi connectivity index (χ3n) is 5.13. The SMILES string of the molecule is CN1C(=O)COc2ccc(C(=O)Nc3ccc(OCC4CCCCO4)cc3)cc21. The minimum Gasteiger partial charge on any atom is -0.491 e. The van der Waals surface area contributed by atoms with Crippen LogP contribution < -0.4 is 19.7 Å². The summed E-state index contributed by atoms with van der Waals surface area (Å²) in [6.45, 7) is 1.35. The van der Waals surface area contributed by atoms with Crippen molar-refractivity contribution in [2.75, 3.05) is 37.1 Å². The number of carbonyl (C=O) groups is 2. The van der Waals surface area contributed by atoms with Crippen LogP contribution in [0.1, 0.15) is 29.6 Å². The summed E-state index contributed by atoms with van der Waals surface area (Å²) in [6, 6.07) is 12.3. The number of amides is 2. The van der Waals surface area contributed by atoms with Crippen molar-refractivity contribution in [2.45, 2.75) is 25.4 Å². The highest BCUT2D eigenvalue weighted by Gasteiger charge is 2.23. The number of anilines is 2. The van der Waals surface area contributed by atoms with E-state index in [1.54, 1.807) is 37.4 Å². The quantitative estimate of drug-likeness (QED) is 0.840. The predicted molar refractivity (Wildman–Crippen MR) is 109 cm³/mol. The summed E-state index contributed by atoms with van der Waals surface area (Å²) in [5, 5.41) is 2.86. The van der Waals surface area contributed by atoms with Gasteiger partial charge in [0.2, 0.25) is 0 Å². The minimum absolute atomic E-state index is 0.0103. The number of nitrogens with one attached hydrogen (secondary N) is 1. The van der Waals surface area contributed by atoms with E-state index in [-0.39, 0.29) is 24.5 Å². The standard InChI is InChI=1S/C22H24N2O5/c1-24-19-12-15(5-10-20(19)29-14-21(24)25)22(26)23-16-6-8-17(9-7-16)28-13-18-4-2-3-11-27-18/h5-10,12,18H,2-4,11,13-14H2,1H3,(H,23,26). The van der Waals surface area contributed by atoms with Gasteiger partial charge in [-0.3, -0.25) is 9.59 Å². The lowest BCUT2D eigenvalue weighted by atomic mass is 10.1. The number of carbonyl (C=O) groups excluding carboxylic acids is 2. The fourth-order valence-corrected chi connectivity index (χ4v) is 3.38. The molecule has 2 aromatic rings. The molecule has 7 nitrogen and oxygen atoms in total. The minimum atomic E-state index is -0.261. The van der Waals surface area contributed by atoms with Gasteiger partial charge in [0.15, 0.2) is 6.61 Å². The van der Waals surface area contributed by atoms with Crippen molar-refractivity contribution >= 4 is 23.2 Å². The third-order valence-corrected chi connectivity index (χ3v) is 5.13. The first kappa shape index (κ1) is 19.3. The molecule has 1 N–H and O–H groups in total. The van der Waals surface area contributed by atoms with Crippen molar-refractivity contribution in [3.05, 3.63) is 48.0 Å². The molecule has 7 heteroatoms. The summed E-state index contributed by atoms with van der Waals surface area (Å²) in [4.78, 5) is 25.9. The summed E-state index contributed by atoms with van der Waals surface area (Å²) in [6.07, 6.45) is 3.48. The van der Waals surface area contributed by atoms with Gasteiger partial charge >= 0.3 is 0 Å². The largest absolute Gasteiger partial charge is 0.491 e. The van der Waals surface area contributed by atoms with Crippen molar-refractivity contribution in [1.29, 1.82) is 0 Å². The second-order valence-electron chi connectivity index (χ2n) is 7.20. The van der Waals surface area contributed by atoms with Crippen LogP contribution in [0.15, 0.2) is 42.5 Å². The molecule has 1 saturated heterocycles. The highest BCUT2D eigenvalue weighted by atomic mass is 16.5. The first-order valence-electron chi connectivity index (χ1n) is 9.79. The molecule has 0 radical (unpaired) electrons. The summed E-state index contributed by atoms with van der Waals surface area (Å²) in [5.74, 6) is 0.920. The lowest BCUT2D eigenvalue weighted by Gasteiger charge is -2.26. The molecule has 1 unspecified atom stereocenters. The normalized spacial score (nSPS) is 18.6. The molecule has 1 fully saturated rings. The molecule has 4 rings (SSSR count). The van der Waals surface area contributed by atoms with Crippen LogP contribution in [0, 0.1) is 0 Å². The second kappa shape index (κ2) is 8.53. The molecule has 2 aliphatic heterocycles. The van der Waals surface area contributed by atoms with E-state index >= 15 is 0 Å². The molecular formula is C22H24N2O5. The lowest BCUT2D eigenvalue weighted by molar-refractivity contribution is -0.120. The first-order chi connectivity index (χ1) is 14.1. The van der Waals surface area contributed by atoms with E-state index in [1.165, 1.54) is 11.3 Å². The topological polar surface area (TPSA) is 77.1 Å². The summed E-state index contributed by atoms with van der Waals surface area (Å²) in [7, 11) is 1.67. The van der Waals surface area contributed by atoms with Crippen LogP contribution in [-0.2, 0) is 9.53 Å². The van der Waals surface area contributed by atoms with E-state index in [0.29, 0.717) is 29.3 Å². The van der Waals surface area contributed by atoms with Gasteiger partial charge in [-0.25, -0.2) is 0 Å². The number of rotatable bonds is 5. The smallest absolute Gasteiger partial charge is 0.264 e. The van der Waals surface area contributed by atoms with Gasteiger partial charge in [-0.05, 0) is 61.7 Å². The highest BCUT2D eigenvalue weighted by molar-refractivity contribution is 6.06. The van der Waals surface area contributed by atoms with E-state index < -0.39 is 0 Å². The molecule has 0 spiro atoms. The molecular weight excluding hydrogens is 372 g/mol. The Morgan fingerprint density at radius 2 is 2.03 bits per heavy atom. The molecule has 2 aliphatic rings. The monoisotopic (exact) mass is 396 g/mol. The Bertz CT molecular complexity index is 891. The van der Waals surface area contributed by atoms with Gasteiger partial charge in [0.25, 0.3) is 11.8 Å². The second-order valence-corrected chi connectivity index (χ2v) is 7.20. The fraction of sp³-hybridized carbons (Fsp3) is 0.364. The van der Waals surface area contributed by atoms with Crippen LogP contribution in [0.5, 0.6) is 11.5 Å². The Hall–Kier alpha value is -3.06. The molecule has 29 heavy (non-hydrogen) atoms. The van der Waals surface area contributed by atoms with Crippen LogP contribution in [0.2, 0.25) is 0 Å². The van der Waals surface area contributed by atoms with Crippen molar-refractivity contribution in [2.24, 2.45) is 0 Å². The Morgan fingerprint density at radius 3 is 2.79 bits per heavy atom. The van der Waals surface area contributed by atoms with Crippen molar-refractivity contribution in [1.82, 2.24) is 0 Å². The van der Waals surface area contributed by atoms with E-state index in [0.717, 1.165) is 25.2 Å². The van der Waals surface area contributed by atoms with E-state index in [2.05, 4.69) is 5.32 Å². The first-order valence-corrected chi connectivity index (χ1v) is 9.79. The predicted octanol–water partition coefficient (Wildman–Crippen LogP) is 3.24. The maximum absolute atomic E-state index is 12.6. The molecule has 0 bridgehead atoms. The van der Waals surface area contributed by atoms with Crippen LogP contribution in [0.25, 0.3) is 0 Å². The van der Waals surface area contributed by atoms with Crippen molar-refractivity contribution in [3.63, 3.8) is 0 Å². The van der Waals surface area contributed by atoms with E-state index in [9.17, 15) is 9.59 Å². The zero-order valence-corrected chi connectivity index (χ0v) is 16.3. The van der Waals surface area contributed by atoms with E-state index in [4.69, 9.17) is 14.2 Å². The van der Waals surface area contributed by atoms with Gasteiger partial charge in [0.1, 0.15) is 18.1 Å². The molecule has 0 saturated carbocycles. The molecule has 2 aromatic carbocycles. The Balaban J connectivity index is 1.36. The van der Waals surface area contributed by atoms with Crippen LogP contribution in [0.4, 0.5) is 11.4 Å². The average Bonchev–Trinajstić information content (AvgIpc) is 2.76. The fourth-order valence-electron chi connectivity index (χ4n) is 3.38. The maximum atomic E-state index is 12.6. The van der Waals surface area contributed by atoms with Gasteiger partial charge < -0.3 is 24.4 Å². The molecule has 0 aliphatic carbocycles.